The zero-order valence-electron chi connectivity index (χ0n) is 10.1. The maximum Gasteiger partial charge on any atom is 0.202 e. The van der Waals surface area contributed by atoms with Gasteiger partial charge in [0.15, 0.2) is 0 Å². The Morgan fingerprint density at radius 2 is 1.25 bits per heavy atom. The Balaban J connectivity index is 1.97. The number of carbonyl (C=O) groups excluding carboxylic acids is 2. The van der Waals surface area contributed by atoms with Crippen LogP contribution in [0.1, 0.15) is 39.5 Å². The van der Waals surface area contributed by atoms with E-state index in [1.807, 2.05) is 0 Å². The predicted molar refractivity (Wildman–Crippen MR) is 60.8 cm³/mol. The lowest BCUT2D eigenvalue weighted by molar-refractivity contribution is -0.137. The van der Waals surface area contributed by atoms with E-state index in [0.29, 0.717) is 23.7 Å². The summed E-state index contributed by atoms with van der Waals surface area (Å²) in [6.07, 6.45) is 4.42. The molecule has 0 aromatic carbocycles. The van der Waals surface area contributed by atoms with Crippen molar-refractivity contribution in [3.63, 3.8) is 0 Å². The lowest BCUT2D eigenvalue weighted by Gasteiger charge is -2.43. The van der Waals surface area contributed by atoms with Crippen LogP contribution in [0, 0.1) is 35.5 Å². The third kappa shape index (κ3) is 1.31. The quantitative estimate of drug-likeness (QED) is 0.588. The highest BCUT2D eigenvalue weighted by atomic mass is 16.2. The summed E-state index contributed by atoms with van der Waals surface area (Å²) in [7, 11) is 0. The molecule has 4 atom stereocenters. The second kappa shape index (κ2) is 3.41. The average Bonchev–Trinajstić information content (AvgIpc) is 2.44. The highest BCUT2D eigenvalue weighted by Gasteiger charge is 2.56. The molecular weight excluding hydrogens is 200 g/mol. The fourth-order valence-electron chi connectivity index (χ4n) is 4.68. The highest BCUT2D eigenvalue weighted by Crippen LogP contribution is 2.54. The third-order valence-electron chi connectivity index (χ3n) is 5.11. The van der Waals surface area contributed by atoms with Crippen LogP contribution in [-0.2, 0) is 9.59 Å². The van der Waals surface area contributed by atoms with Crippen molar-refractivity contribution in [2.75, 3.05) is 0 Å². The summed E-state index contributed by atoms with van der Waals surface area (Å²) in [6.45, 7) is 4.47. The van der Waals surface area contributed by atoms with Crippen LogP contribution in [0.3, 0.4) is 0 Å². The molecule has 2 nitrogen and oxygen atoms in total. The average molecular weight is 220 g/mol. The first-order chi connectivity index (χ1) is 7.58. The molecule has 88 valence electrons. The van der Waals surface area contributed by atoms with E-state index in [0.717, 1.165) is 12.8 Å². The van der Waals surface area contributed by atoms with Gasteiger partial charge in [-0.05, 0) is 49.4 Å². The van der Waals surface area contributed by atoms with Crippen LogP contribution < -0.4 is 0 Å². The summed E-state index contributed by atoms with van der Waals surface area (Å²) in [5, 5.41) is 0. The van der Waals surface area contributed by atoms with Gasteiger partial charge < -0.3 is 0 Å². The van der Waals surface area contributed by atoms with Crippen molar-refractivity contribution in [1.82, 2.24) is 0 Å². The molecule has 4 unspecified atom stereocenters. The topological polar surface area (TPSA) is 34.1 Å². The first-order valence-corrected chi connectivity index (χ1v) is 6.66. The summed E-state index contributed by atoms with van der Waals surface area (Å²) in [5.41, 5.74) is 0. The van der Waals surface area contributed by atoms with Gasteiger partial charge in [-0.25, -0.2) is 0 Å². The van der Waals surface area contributed by atoms with Gasteiger partial charge in [-0.2, -0.15) is 0 Å². The monoisotopic (exact) mass is 220 g/mol. The molecule has 0 saturated heterocycles. The van der Waals surface area contributed by atoms with E-state index in [2.05, 4.69) is 13.8 Å². The van der Waals surface area contributed by atoms with E-state index in [1.165, 1.54) is 12.8 Å². The fourth-order valence-corrected chi connectivity index (χ4v) is 4.68. The molecule has 3 saturated carbocycles. The van der Waals surface area contributed by atoms with Crippen molar-refractivity contribution < 1.29 is 9.59 Å². The van der Waals surface area contributed by atoms with Crippen LogP contribution in [0.15, 0.2) is 0 Å². The Hall–Kier alpha value is -0.660. The molecule has 3 aliphatic carbocycles. The molecule has 0 bridgehead atoms. The van der Waals surface area contributed by atoms with Crippen molar-refractivity contribution in [2.45, 2.75) is 39.5 Å². The smallest absolute Gasteiger partial charge is 0.202 e. The van der Waals surface area contributed by atoms with E-state index in [9.17, 15) is 9.59 Å². The van der Waals surface area contributed by atoms with E-state index in [1.54, 1.807) is 0 Å². The lowest BCUT2D eigenvalue weighted by Crippen LogP contribution is -2.38. The van der Waals surface area contributed by atoms with Gasteiger partial charge in [0, 0.05) is 11.8 Å². The number of rotatable bonds is 0. The molecule has 0 amide bonds. The second-order valence-corrected chi connectivity index (χ2v) is 6.43. The number of Topliss-reactive ketones (excluding diaryl/α,β-unsaturated/α-hetero) is 2. The predicted octanol–water partition coefficient (Wildman–Crippen LogP) is 2.46. The number of carbonyl (C=O) groups is 2. The minimum absolute atomic E-state index is 0.0272. The van der Waals surface area contributed by atoms with Gasteiger partial charge in [0.2, 0.25) is 11.6 Å². The van der Waals surface area contributed by atoms with E-state index in [4.69, 9.17) is 0 Å². The molecule has 0 heterocycles. The van der Waals surface area contributed by atoms with Crippen molar-refractivity contribution in [3.05, 3.63) is 0 Å². The molecule has 0 aromatic rings. The van der Waals surface area contributed by atoms with Gasteiger partial charge >= 0.3 is 0 Å². The van der Waals surface area contributed by atoms with E-state index >= 15 is 0 Å². The van der Waals surface area contributed by atoms with Crippen LogP contribution in [0.5, 0.6) is 0 Å². The minimum Gasteiger partial charge on any atom is -0.291 e. The van der Waals surface area contributed by atoms with Crippen molar-refractivity contribution >= 4 is 11.6 Å². The van der Waals surface area contributed by atoms with Crippen LogP contribution >= 0.6 is 0 Å². The van der Waals surface area contributed by atoms with Crippen LogP contribution in [-0.4, -0.2) is 11.6 Å². The Bertz CT molecular complexity index is 315. The van der Waals surface area contributed by atoms with E-state index in [-0.39, 0.29) is 23.4 Å². The Morgan fingerprint density at radius 1 is 0.812 bits per heavy atom. The molecule has 3 aliphatic rings. The molecule has 0 N–H and O–H groups in total. The van der Waals surface area contributed by atoms with Gasteiger partial charge in [-0.1, -0.05) is 13.8 Å². The summed E-state index contributed by atoms with van der Waals surface area (Å²) in [6, 6.07) is 0. The molecule has 3 fully saturated rings. The maximum absolute atomic E-state index is 12.0. The largest absolute Gasteiger partial charge is 0.291 e. The molecule has 0 aliphatic heterocycles. The standard InChI is InChI=1S/C14H20O2/c1-7-3-9-4-8(2)6-11-12(9)10(5-7)13(15)14(11)16/h7-12H,3-6H2,1-2H3. The molecule has 0 radical (unpaired) electrons. The van der Waals surface area contributed by atoms with Gasteiger partial charge in [0.05, 0.1) is 0 Å². The van der Waals surface area contributed by atoms with Crippen molar-refractivity contribution in [2.24, 2.45) is 35.5 Å². The van der Waals surface area contributed by atoms with E-state index < -0.39 is 0 Å². The highest BCUT2D eigenvalue weighted by molar-refractivity contribution is 6.41. The Labute approximate surface area is 96.8 Å². The zero-order chi connectivity index (χ0) is 11.4. The van der Waals surface area contributed by atoms with Crippen molar-refractivity contribution in [1.29, 1.82) is 0 Å². The lowest BCUT2D eigenvalue weighted by atomic mass is 9.60. The number of ketones is 2. The first kappa shape index (κ1) is 10.5. The number of hydrogen-bond donors (Lipinski definition) is 0. The van der Waals surface area contributed by atoms with Gasteiger partial charge in [0.1, 0.15) is 0 Å². The van der Waals surface area contributed by atoms with Crippen LogP contribution in [0.4, 0.5) is 0 Å². The van der Waals surface area contributed by atoms with Gasteiger partial charge in [0.25, 0.3) is 0 Å². The Kier molecular flexibility index (Phi) is 2.24. The molecule has 0 spiro atoms. The summed E-state index contributed by atoms with van der Waals surface area (Å²) in [4.78, 5) is 24.0. The maximum atomic E-state index is 12.0. The van der Waals surface area contributed by atoms with Gasteiger partial charge in [-0.3, -0.25) is 9.59 Å². The SMILES string of the molecule is CC1CC2CC(C)CC3C(=O)C(=O)C(C1)C23. The molecule has 3 rings (SSSR count). The third-order valence-corrected chi connectivity index (χ3v) is 5.11. The van der Waals surface area contributed by atoms with Crippen LogP contribution in [0.25, 0.3) is 0 Å². The summed E-state index contributed by atoms with van der Waals surface area (Å²) in [5.74, 6) is 2.48. The summed E-state index contributed by atoms with van der Waals surface area (Å²) < 4.78 is 0. The summed E-state index contributed by atoms with van der Waals surface area (Å²) >= 11 is 0. The first-order valence-electron chi connectivity index (χ1n) is 6.66. The molecule has 2 heteroatoms. The second-order valence-electron chi connectivity index (χ2n) is 6.43. The number of hydrogen-bond acceptors (Lipinski definition) is 2. The van der Waals surface area contributed by atoms with Crippen molar-refractivity contribution in [3.8, 4) is 0 Å². The minimum atomic E-state index is -0.0272. The Morgan fingerprint density at radius 3 is 1.69 bits per heavy atom. The van der Waals surface area contributed by atoms with Crippen LogP contribution in [0.2, 0.25) is 0 Å². The fraction of sp³-hybridized carbons (Fsp3) is 0.857. The van der Waals surface area contributed by atoms with Gasteiger partial charge in [-0.15, -0.1) is 0 Å². The zero-order valence-corrected chi connectivity index (χ0v) is 10.1. The normalized spacial score (nSPS) is 51.6. The molecule has 0 aromatic heterocycles. The molecule has 16 heavy (non-hydrogen) atoms. The molecular formula is C14H20O2.